The van der Waals surface area contributed by atoms with Gasteiger partial charge in [0.15, 0.2) is 0 Å². The lowest BCUT2D eigenvalue weighted by Gasteiger charge is -2.28. The van der Waals surface area contributed by atoms with Gasteiger partial charge in [-0.25, -0.2) is 4.79 Å². The van der Waals surface area contributed by atoms with Crippen LogP contribution in [-0.2, 0) is 9.47 Å². The van der Waals surface area contributed by atoms with Gasteiger partial charge in [-0.15, -0.1) is 0 Å². The molecule has 5 heteroatoms. The summed E-state index contributed by atoms with van der Waals surface area (Å²) in [5.41, 5.74) is -0.465. The van der Waals surface area contributed by atoms with Crippen LogP contribution in [0.3, 0.4) is 0 Å². The molecule has 1 rings (SSSR count). The number of hydrogen-bond acceptors (Lipinski definition) is 4. The van der Waals surface area contributed by atoms with Gasteiger partial charge in [-0.2, -0.15) is 0 Å². The molecule has 2 N–H and O–H groups in total. The van der Waals surface area contributed by atoms with Crippen molar-refractivity contribution in [2.45, 2.75) is 65.6 Å². The molecule has 0 aromatic carbocycles. The lowest BCUT2D eigenvalue weighted by atomic mass is 9.99. The molecule has 1 aliphatic heterocycles. The fraction of sp³-hybridized carbons (Fsp3) is 0.938. The average molecular weight is 300 g/mol. The van der Waals surface area contributed by atoms with Crippen LogP contribution in [0.5, 0.6) is 0 Å². The molecule has 1 aliphatic rings. The van der Waals surface area contributed by atoms with Gasteiger partial charge in [-0.1, -0.05) is 13.8 Å². The van der Waals surface area contributed by atoms with E-state index in [1.54, 1.807) is 0 Å². The van der Waals surface area contributed by atoms with Crippen LogP contribution in [0.1, 0.15) is 48.0 Å². The maximum absolute atomic E-state index is 11.9. The predicted molar refractivity (Wildman–Crippen MR) is 84.4 cm³/mol. The maximum Gasteiger partial charge on any atom is 0.407 e. The Bertz CT molecular complexity index is 320. The Morgan fingerprint density at radius 2 is 2.00 bits per heavy atom. The molecule has 0 aliphatic carbocycles. The summed E-state index contributed by atoms with van der Waals surface area (Å²) < 4.78 is 10.7. The zero-order valence-corrected chi connectivity index (χ0v) is 14.4. The summed E-state index contributed by atoms with van der Waals surface area (Å²) in [6.45, 7) is 14.4. The first-order chi connectivity index (χ1) is 9.69. The van der Waals surface area contributed by atoms with E-state index in [9.17, 15) is 4.79 Å². The van der Waals surface area contributed by atoms with Crippen LogP contribution in [0.25, 0.3) is 0 Å². The molecule has 1 fully saturated rings. The van der Waals surface area contributed by atoms with Gasteiger partial charge in [0.1, 0.15) is 5.60 Å². The first kappa shape index (κ1) is 18.2. The molecule has 3 unspecified atom stereocenters. The molecular formula is C16H32N2O3. The number of ether oxygens (including phenoxy) is 2. The Morgan fingerprint density at radius 1 is 1.33 bits per heavy atom. The molecular weight excluding hydrogens is 268 g/mol. The number of nitrogens with one attached hydrogen (secondary N) is 2. The number of alkyl carbamates (subject to hydrolysis) is 1. The number of hydrogen-bond donors (Lipinski definition) is 2. The zero-order valence-electron chi connectivity index (χ0n) is 14.4. The summed E-state index contributed by atoms with van der Waals surface area (Å²) in [7, 11) is 0. The summed E-state index contributed by atoms with van der Waals surface area (Å²) in [5.74, 6) is 0.913. The zero-order chi connectivity index (χ0) is 16.0. The van der Waals surface area contributed by atoms with Crippen LogP contribution in [-0.4, -0.2) is 43.5 Å². The minimum absolute atomic E-state index is 0.0598. The van der Waals surface area contributed by atoms with Gasteiger partial charge < -0.3 is 20.1 Å². The molecule has 1 heterocycles. The lowest BCUT2D eigenvalue weighted by molar-refractivity contribution is 0.0488. The summed E-state index contributed by atoms with van der Waals surface area (Å²) in [4.78, 5) is 11.9. The Kier molecular flexibility index (Phi) is 6.94. The van der Waals surface area contributed by atoms with E-state index in [0.29, 0.717) is 17.9 Å². The van der Waals surface area contributed by atoms with Gasteiger partial charge in [0.25, 0.3) is 0 Å². The van der Waals surface area contributed by atoms with E-state index in [1.165, 1.54) is 0 Å². The van der Waals surface area contributed by atoms with Crippen molar-refractivity contribution in [3.05, 3.63) is 0 Å². The van der Waals surface area contributed by atoms with Gasteiger partial charge in [-0.3, -0.25) is 0 Å². The van der Waals surface area contributed by atoms with E-state index in [2.05, 4.69) is 31.4 Å². The summed E-state index contributed by atoms with van der Waals surface area (Å²) in [6.07, 6.45) is 0.764. The highest BCUT2D eigenvalue weighted by atomic mass is 16.6. The van der Waals surface area contributed by atoms with Crippen LogP contribution < -0.4 is 10.6 Å². The summed E-state index contributed by atoms with van der Waals surface area (Å²) in [5, 5.41) is 6.49. The lowest BCUT2D eigenvalue weighted by Crippen LogP contribution is -2.49. The highest BCUT2D eigenvalue weighted by molar-refractivity contribution is 5.68. The highest BCUT2D eigenvalue weighted by Gasteiger charge is 2.25. The van der Waals surface area contributed by atoms with Gasteiger partial charge in [0.2, 0.25) is 0 Å². The average Bonchev–Trinajstić information content (AvgIpc) is 2.85. The number of carbonyl (C=O) groups is 1. The Labute approximate surface area is 129 Å². The van der Waals surface area contributed by atoms with Crippen molar-refractivity contribution in [2.24, 2.45) is 11.8 Å². The second-order valence-electron chi connectivity index (χ2n) is 7.32. The standard InChI is InChI=1S/C16H32N2O3/c1-11(2)14(18-15(19)21-16(4,5)6)9-17-12(3)13-7-8-20-10-13/h11-14,17H,7-10H2,1-6H3,(H,18,19). The minimum Gasteiger partial charge on any atom is -0.444 e. The van der Waals surface area contributed by atoms with Crippen LogP contribution >= 0.6 is 0 Å². The third-order valence-corrected chi connectivity index (χ3v) is 3.84. The highest BCUT2D eigenvalue weighted by Crippen LogP contribution is 2.16. The van der Waals surface area contributed by atoms with Crippen molar-refractivity contribution in [2.75, 3.05) is 19.8 Å². The van der Waals surface area contributed by atoms with Crippen molar-refractivity contribution in [3.63, 3.8) is 0 Å². The SMILES string of the molecule is CC(C)C(CNC(C)C1CCOC1)NC(=O)OC(C)(C)C. The fourth-order valence-corrected chi connectivity index (χ4v) is 2.34. The molecule has 0 radical (unpaired) electrons. The molecule has 0 aromatic rings. The number of carbonyl (C=O) groups excluding carboxylic acids is 1. The smallest absolute Gasteiger partial charge is 0.407 e. The number of rotatable bonds is 6. The predicted octanol–water partition coefficient (Wildman–Crippen LogP) is 2.55. The Hall–Kier alpha value is -0.810. The third-order valence-electron chi connectivity index (χ3n) is 3.84. The topological polar surface area (TPSA) is 59.6 Å². The molecule has 5 nitrogen and oxygen atoms in total. The van der Waals surface area contributed by atoms with Crippen molar-refractivity contribution < 1.29 is 14.3 Å². The fourth-order valence-electron chi connectivity index (χ4n) is 2.34. The van der Waals surface area contributed by atoms with E-state index in [1.807, 2.05) is 20.8 Å². The van der Waals surface area contributed by atoms with Crippen LogP contribution in [0.4, 0.5) is 4.79 Å². The molecule has 0 aromatic heterocycles. The molecule has 1 amide bonds. The van der Waals surface area contributed by atoms with Crippen molar-refractivity contribution >= 4 is 6.09 Å². The molecule has 0 spiro atoms. The monoisotopic (exact) mass is 300 g/mol. The van der Waals surface area contributed by atoms with Crippen molar-refractivity contribution in [1.82, 2.24) is 10.6 Å². The van der Waals surface area contributed by atoms with E-state index in [0.717, 1.165) is 26.2 Å². The molecule has 0 bridgehead atoms. The van der Waals surface area contributed by atoms with Gasteiger partial charge in [0.05, 0.1) is 6.61 Å². The van der Waals surface area contributed by atoms with Crippen LogP contribution in [0, 0.1) is 11.8 Å². The first-order valence-electron chi connectivity index (χ1n) is 7.99. The van der Waals surface area contributed by atoms with Gasteiger partial charge in [-0.05, 0) is 46.0 Å². The Balaban J connectivity index is 2.40. The maximum atomic E-state index is 11.9. The molecule has 21 heavy (non-hydrogen) atoms. The summed E-state index contributed by atoms with van der Waals surface area (Å²) in [6, 6.07) is 0.457. The van der Waals surface area contributed by atoms with Gasteiger partial charge in [0, 0.05) is 25.2 Å². The summed E-state index contributed by atoms with van der Waals surface area (Å²) >= 11 is 0. The van der Waals surface area contributed by atoms with E-state index >= 15 is 0 Å². The van der Waals surface area contributed by atoms with E-state index in [4.69, 9.17) is 9.47 Å². The number of amides is 1. The quantitative estimate of drug-likeness (QED) is 0.791. The third kappa shape index (κ3) is 7.14. The van der Waals surface area contributed by atoms with Crippen LogP contribution in [0.2, 0.25) is 0 Å². The van der Waals surface area contributed by atoms with Crippen molar-refractivity contribution in [3.8, 4) is 0 Å². The second-order valence-corrected chi connectivity index (χ2v) is 7.32. The van der Waals surface area contributed by atoms with Gasteiger partial charge >= 0.3 is 6.09 Å². The normalized spacial score (nSPS) is 22.1. The van der Waals surface area contributed by atoms with Crippen LogP contribution in [0.15, 0.2) is 0 Å². The molecule has 3 atom stereocenters. The largest absolute Gasteiger partial charge is 0.444 e. The molecule has 124 valence electrons. The van der Waals surface area contributed by atoms with Crippen molar-refractivity contribution in [1.29, 1.82) is 0 Å². The first-order valence-corrected chi connectivity index (χ1v) is 7.99. The second kappa shape index (κ2) is 7.99. The molecule has 0 saturated carbocycles. The van der Waals surface area contributed by atoms with E-state index < -0.39 is 5.60 Å². The Morgan fingerprint density at radius 3 is 2.48 bits per heavy atom. The minimum atomic E-state index is -0.465. The van der Waals surface area contributed by atoms with E-state index in [-0.39, 0.29) is 12.1 Å². The molecule has 1 saturated heterocycles.